The Kier molecular flexibility index (Phi) is 7.34. The fraction of sp³-hybridized carbons (Fsp3) is 0.130. The minimum absolute atomic E-state index is 0.126. The van der Waals surface area contributed by atoms with Gasteiger partial charge in [-0.1, -0.05) is 56.8 Å². The van der Waals surface area contributed by atoms with Gasteiger partial charge in [0.2, 0.25) is 0 Å². The van der Waals surface area contributed by atoms with E-state index in [0.29, 0.717) is 38.9 Å². The van der Waals surface area contributed by atoms with Gasteiger partial charge in [-0.05, 0) is 49.4 Å². The summed E-state index contributed by atoms with van der Waals surface area (Å²) in [7, 11) is 0. The highest BCUT2D eigenvalue weighted by Gasteiger charge is 2.16. The number of halogens is 4. The number of carbonyl (C=O) groups is 1. The van der Waals surface area contributed by atoms with Gasteiger partial charge >= 0.3 is 0 Å². The van der Waals surface area contributed by atoms with Crippen LogP contribution < -0.4 is 10.1 Å². The number of aryl methyl sites for hydroxylation is 1. The van der Waals surface area contributed by atoms with Gasteiger partial charge in [0.25, 0.3) is 5.91 Å². The Balaban J connectivity index is 1.40. The lowest BCUT2D eigenvalue weighted by Crippen LogP contribution is -2.12. The van der Waals surface area contributed by atoms with Crippen molar-refractivity contribution >= 4 is 62.5 Å². The average Bonchev–Trinajstić information content (AvgIpc) is 3.37. The van der Waals surface area contributed by atoms with Crippen LogP contribution in [0.4, 0.5) is 5.82 Å². The van der Waals surface area contributed by atoms with Crippen LogP contribution in [-0.2, 0) is 13.2 Å². The molecule has 0 unspecified atom stereocenters. The fourth-order valence-electron chi connectivity index (χ4n) is 3.06. The standard InChI is InChI=1S/C23H17BrCl3N3O3/c1-13-9-22(29-30(13)11-16-17(25)3-2-4-18(16)26)28-23(31)21-8-6-15(33-21)12-32-20-7-5-14(24)10-19(20)27/h2-10H,11-12H2,1H3,(H,28,29,31). The van der Waals surface area contributed by atoms with Crippen molar-refractivity contribution in [2.75, 3.05) is 5.32 Å². The number of rotatable bonds is 7. The van der Waals surface area contributed by atoms with Gasteiger partial charge in [0.1, 0.15) is 18.1 Å². The fourth-order valence-corrected chi connectivity index (χ4v) is 4.31. The summed E-state index contributed by atoms with van der Waals surface area (Å²) < 4.78 is 13.8. The molecule has 0 aliphatic heterocycles. The van der Waals surface area contributed by atoms with Gasteiger partial charge in [0.15, 0.2) is 11.6 Å². The molecule has 6 nitrogen and oxygen atoms in total. The molecule has 1 N–H and O–H groups in total. The zero-order valence-electron chi connectivity index (χ0n) is 17.2. The summed E-state index contributed by atoms with van der Waals surface area (Å²) in [5.74, 6) is 1.09. The lowest BCUT2D eigenvalue weighted by Gasteiger charge is -2.08. The van der Waals surface area contributed by atoms with Gasteiger partial charge in [-0.25, -0.2) is 0 Å². The van der Waals surface area contributed by atoms with Crippen molar-refractivity contribution < 1.29 is 13.9 Å². The third-order valence-electron chi connectivity index (χ3n) is 4.74. The van der Waals surface area contributed by atoms with E-state index < -0.39 is 5.91 Å². The van der Waals surface area contributed by atoms with Crippen LogP contribution in [0.15, 0.2) is 63.5 Å². The van der Waals surface area contributed by atoms with Crippen LogP contribution in [-0.4, -0.2) is 15.7 Å². The predicted molar refractivity (Wildman–Crippen MR) is 133 cm³/mol. The maximum Gasteiger partial charge on any atom is 0.292 e. The minimum atomic E-state index is -0.427. The molecule has 0 bridgehead atoms. The number of amides is 1. The highest BCUT2D eigenvalue weighted by atomic mass is 79.9. The molecule has 4 aromatic rings. The molecular weight excluding hydrogens is 553 g/mol. The van der Waals surface area contributed by atoms with Crippen LogP contribution >= 0.6 is 50.7 Å². The van der Waals surface area contributed by atoms with E-state index in [1.165, 1.54) is 0 Å². The van der Waals surface area contributed by atoms with Crippen LogP contribution in [0.2, 0.25) is 15.1 Å². The lowest BCUT2D eigenvalue weighted by molar-refractivity contribution is 0.0992. The Morgan fingerprint density at radius 2 is 1.85 bits per heavy atom. The molecule has 33 heavy (non-hydrogen) atoms. The monoisotopic (exact) mass is 567 g/mol. The second-order valence-corrected chi connectivity index (χ2v) is 9.25. The first kappa shape index (κ1) is 23.7. The quantitative estimate of drug-likeness (QED) is 0.252. The van der Waals surface area contributed by atoms with Crippen LogP contribution in [0.5, 0.6) is 5.75 Å². The molecule has 2 heterocycles. The van der Waals surface area contributed by atoms with Crippen molar-refractivity contribution in [1.29, 1.82) is 0 Å². The highest BCUT2D eigenvalue weighted by Crippen LogP contribution is 2.29. The van der Waals surface area contributed by atoms with Gasteiger partial charge < -0.3 is 14.5 Å². The van der Waals surface area contributed by atoms with E-state index in [4.69, 9.17) is 44.0 Å². The van der Waals surface area contributed by atoms with Gasteiger partial charge in [-0.3, -0.25) is 9.48 Å². The number of hydrogen-bond donors (Lipinski definition) is 1. The SMILES string of the molecule is Cc1cc(NC(=O)c2ccc(COc3ccc(Br)cc3Cl)o2)nn1Cc1c(Cl)cccc1Cl. The third-order valence-corrected chi connectivity index (χ3v) is 6.24. The van der Waals surface area contributed by atoms with E-state index in [-0.39, 0.29) is 12.4 Å². The molecule has 170 valence electrons. The summed E-state index contributed by atoms with van der Waals surface area (Å²) in [6.07, 6.45) is 0. The number of benzene rings is 2. The molecule has 2 aromatic carbocycles. The van der Waals surface area contributed by atoms with Crippen LogP contribution in [0, 0.1) is 6.92 Å². The summed E-state index contributed by atoms with van der Waals surface area (Å²) in [6.45, 7) is 2.38. The molecular formula is C23H17BrCl3N3O3. The summed E-state index contributed by atoms with van der Waals surface area (Å²) in [5, 5.41) is 8.75. The van der Waals surface area contributed by atoms with E-state index in [0.717, 1.165) is 15.7 Å². The third kappa shape index (κ3) is 5.73. The Hall–Kier alpha value is -2.45. The highest BCUT2D eigenvalue weighted by molar-refractivity contribution is 9.10. The second kappa shape index (κ2) is 10.2. The largest absolute Gasteiger partial charge is 0.484 e. The molecule has 10 heteroatoms. The molecule has 0 atom stereocenters. The van der Waals surface area contributed by atoms with Crippen LogP contribution in [0.3, 0.4) is 0 Å². The zero-order chi connectivity index (χ0) is 23.5. The van der Waals surface area contributed by atoms with E-state index in [9.17, 15) is 4.79 Å². The lowest BCUT2D eigenvalue weighted by atomic mass is 10.2. The number of furan rings is 1. The summed E-state index contributed by atoms with van der Waals surface area (Å²) in [5.41, 5.74) is 1.59. The van der Waals surface area contributed by atoms with E-state index in [2.05, 4.69) is 26.3 Å². The number of ether oxygens (including phenoxy) is 1. The number of anilines is 1. The Morgan fingerprint density at radius 1 is 1.09 bits per heavy atom. The molecule has 0 saturated carbocycles. The topological polar surface area (TPSA) is 69.3 Å². The number of aromatic nitrogens is 2. The second-order valence-electron chi connectivity index (χ2n) is 7.11. The molecule has 0 radical (unpaired) electrons. The smallest absolute Gasteiger partial charge is 0.292 e. The van der Waals surface area contributed by atoms with Crippen molar-refractivity contribution in [3.8, 4) is 5.75 Å². The first-order valence-corrected chi connectivity index (χ1v) is 11.7. The number of carbonyl (C=O) groups excluding carboxylic acids is 1. The molecule has 0 spiro atoms. The summed E-state index contributed by atoms with van der Waals surface area (Å²) in [4.78, 5) is 12.6. The van der Waals surface area contributed by atoms with Crippen molar-refractivity contribution in [3.63, 3.8) is 0 Å². The average molecular weight is 570 g/mol. The number of hydrogen-bond acceptors (Lipinski definition) is 4. The molecule has 4 rings (SSSR count). The maximum absolute atomic E-state index is 12.6. The Labute approximate surface area is 213 Å². The molecule has 0 saturated heterocycles. The van der Waals surface area contributed by atoms with Crippen molar-refractivity contribution in [1.82, 2.24) is 9.78 Å². The predicted octanol–water partition coefficient (Wildman–Crippen LogP) is 7.39. The first-order valence-electron chi connectivity index (χ1n) is 9.75. The van der Waals surface area contributed by atoms with E-state index >= 15 is 0 Å². The molecule has 2 aromatic heterocycles. The Bertz CT molecular complexity index is 1300. The molecule has 0 aliphatic carbocycles. The van der Waals surface area contributed by atoms with Gasteiger partial charge in [0, 0.05) is 31.8 Å². The molecule has 0 fully saturated rings. The van der Waals surface area contributed by atoms with E-state index in [1.807, 2.05) is 13.0 Å². The Morgan fingerprint density at radius 3 is 2.58 bits per heavy atom. The van der Waals surface area contributed by atoms with Gasteiger partial charge in [-0.15, -0.1) is 0 Å². The number of nitrogens with one attached hydrogen (secondary N) is 1. The maximum atomic E-state index is 12.6. The van der Waals surface area contributed by atoms with Crippen molar-refractivity contribution in [3.05, 3.63) is 96.9 Å². The zero-order valence-corrected chi connectivity index (χ0v) is 21.1. The normalized spacial score (nSPS) is 10.9. The van der Waals surface area contributed by atoms with Crippen molar-refractivity contribution in [2.45, 2.75) is 20.1 Å². The summed E-state index contributed by atoms with van der Waals surface area (Å²) in [6, 6.07) is 15.6. The number of nitrogens with zero attached hydrogens (tertiary/aromatic N) is 2. The van der Waals surface area contributed by atoms with E-state index in [1.54, 1.807) is 53.2 Å². The first-order chi connectivity index (χ1) is 15.8. The molecule has 1 amide bonds. The van der Waals surface area contributed by atoms with Crippen molar-refractivity contribution in [2.24, 2.45) is 0 Å². The van der Waals surface area contributed by atoms with Gasteiger partial charge in [0.05, 0.1) is 11.6 Å². The summed E-state index contributed by atoms with van der Waals surface area (Å²) >= 11 is 22.0. The van der Waals surface area contributed by atoms with Gasteiger partial charge in [-0.2, -0.15) is 5.10 Å². The van der Waals surface area contributed by atoms with Crippen LogP contribution in [0.25, 0.3) is 0 Å². The minimum Gasteiger partial charge on any atom is -0.484 e. The molecule has 0 aliphatic rings. The van der Waals surface area contributed by atoms with Crippen LogP contribution in [0.1, 0.15) is 27.6 Å².